The molecule has 1 aliphatic heterocycles. The van der Waals surface area contributed by atoms with Crippen molar-refractivity contribution in [1.82, 2.24) is 9.80 Å². The molecule has 1 rings (SSSR count). The largest absolute Gasteiger partial charge is 0.293 e. The van der Waals surface area contributed by atoms with Gasteiger partial charge in [-0.2, -0.15) is 0 Å². The average molecular weight is 184 g/mol. The van der Waals surface area contributed by atoms with Gasteiger partial charge in [0.25, 0.3) is 0 Å². The quantitative estimate of drug-likeness (QED) is 0.659. The van der Waals surface area contributed by atoms with E-state index in [-0.39, 0.29) is 0 Å². The molecule has 0 saturated carbocycles. The van der Waals surface area contributed by atoms with Crippen LogP contribution in [0.1, 0.15) is 33.1 Å². The van der Waals surface area contributed by atoms with Crippen LogP contribution in [0, 0.1) is 5.92 Å². The maximum absolute atomic E-state index is 2.58. The van der Waals surface area contributed by atoms with E-state index in [1.807, 2.05) is 0 Å². The number of likely N-dealkylation sites (tertiary alicyclic amines) is 1. The molecule has 0 aromatic heterocycles. The van der Waals surface area contributed by atoms with Gasteiger partial charge < -0.3 is 0 Å². The van der Waals surface area contributed by atoms with E-state index in [0.29, 0.717) is 0 Å². The molecule has 0 spiro atoms. The summed E-state index contributed by atoms with van der Waals surface area (Å²) in [6, 6.07) is 0. The van der Waals surface area contributed by atoms with Gasteiger partial charge in [-0.3, -0.25) is 9.80 Å². The van der Waals surface area contributed by atoms with Gasteiger partial charge in [0.05, 0.1) is 6.67 Å². The van der Waals surface area contributed by atoms with Gasteiger partial charge in [0.1, 0.15) is 0 Å². The van der Waals surface area contributed by atoms with E-state index in [4.69, 9.17) is 0 Å². The molecule has 1 saturated heterocycles. The first-order chi connectivity index (χ1) is 6.18. The van der Waals surface area contributed by atoms with Gasteiger partial charge in [-0.1, -0.05) is 20.3 Å². The van der Waals surface area contributed by atoms with Crippen LogP contribution in [0.4, 0.5) is 0 Å². The molecule has 0 unspecified atom stereocenters. The van der Waals surface area contributed by atoms with Crippen molar-refractivity contribution in [2.24, 2.45) is 5.92 Å². The highest BCUT2D eigenvalue weighted by atomic mass is 15.3. The summed E-state index contributed by atoms with van der Waals surface area (Å²) >= 11 is 0. The van der Waals surface area contributed by atoms with E-state index < -0.39 is 0 Å². The maximum Gasteiger partial charge on any atom is 0.0503 e. The minimum absolute atomic E-state index is 0.787. The number of nitrogens with zero attached hydrogens (tertiary/aromatic N) is 2. The van der Waals surface area contributed by atoms with E-state index in [1.54, 1.807) is 0 Å². The molecule has 78 valence electrons. The lowest BCUT2D eigenvalue weighted by molar-refractivity contribution is 0.124. The van der Waals surface area contributed by atoms with Crippen LogP contribution >= 0.6 is 0 Å². The molecule has 13 heavy (non-hydrogen) atoms. The molecule has 2 heteroatoms. The smallest absolute Gasteiger partial charge is 0.0503 e. The molecule has 1 heterocycles. The van der Waals surface area contributed by atoms with E-state index in [9.17, 15) is 0 Å². The van der Waals surface area contributed by atoms with Crippen LogP contribution in [-0.2, 0) is 0 Å². The maximum atomic E-state index is 2.58. The Hall–Kier alpha value is -0.0800. The lowest BCUT2D eigenvalue weighted by atomic mass is 10.1. The van der Waals surface area contributed by atoms with Crippen molar-refractivity contribution in [3.63, 3.8) is 0 Å². The fraction of sp³-hybridized carbons (Fsp3) is 1.00. The predicted octanol–water partition coefficient (Wildman–Crippen LogP) is 2.02. The normalized spacial score (nSPS) is 20.1. The zero-order chi connectivity index (χ0) is 9.68. The Morgan fingerprint density at radius 2 is 1.77 bits per heavy atom. The van der Waals surface area contributed by atoms with Crippen molar-refractivity contribution in [1.29, 1.82) is 0 Å². The molecule has 1 fully saturated rings. The minimum atomic E-state index is 0.787. The van der Waals surface area contributed by atoms with Gasteiger partial charge in [0.2, 0.25) is 0 Å². The molecule has 0 radical (unpaired) electrons. The molecule has 1 aliphatic rings. The summed E-state index contributed by atoms with van der Waals surface area (Å²) < 4.78 is 0. The Labute approximate surface area is 82.9 Å². The highest BCUT2D eigenvalue weighted by Crippen LogP contribution is 2.09. The third-order valence-corrected chi connectivity index (χ3v) is 2.57. The van der Waals surface area contributed by atoms with Crippen molar-refractivity contribution < 1.29 is 0 Å². The lowest BCUT2D eigenvalue weighted by Crippen LogP contribution is -2.40. The SMILES string of the molecule is CC(C)CN(C)CN1CCCCC1. The summed E-state index contributed by atoms with van der Waals surface area (Å²) in [5.41, 5.74) is 0. The highest BCUT2D eigenvalue weighted by molar-refractivity contribution is 4.64. The highest BCUT2D eigenvalue weighted by Gasteiger charge is 2.11. The summed E-state index contributed by atoms with van der Waals surface area (Å²) in [5, 5.41) is 0. The van der Waals surface area contributed by atoms with Gasteiger partial charge in [-0.25, -0.2) is 0 Å². The van der Waals surface area contributed by atoms with E-state index in [2.05, 4.69) is 30.7 Å². The fourth-order valence-electron chi connectivity index (χ4n) is 2.12. The van der Waals surface area contributed by atoms with Gasteiger partial charge in [0.15, 0.2) is 0 Å². The van der Waals surface area contributed by atoms with Crippen molar-refractivity contribution in [2.75, 3.05) is 33.4 Å². The molecule has 0 N–H and O–H groups in total. The van der Waals surface area contributed by atoms with Crippen LogP contribution < -0.4 is 0 Å². The van der Waals surface area contributed by atoms with Crippen LogP contribution in [0.15, 0.2) is 0 Å². The van der Waals surface area contributed by atoms with Gasteiger partial charge in [0, 0.05) is 6.54 Å². The Kier molecular flexibility index (Phi) is 4.74. The Bertz CT molecular complexity index is 128. The van der Waals surface area contributed by atoms with Crippen LogP contribution in [0.2, 0.25) is 0 Å². The summed E-state index contributed by atoms with van der Waals surface area (Å²) in [6.07, 6.45) is 4.23. The molecule has 0 atom stereocenters. The average Bonchev–Trinajstić information content (AvgIpc) is 2.04. The summed E-state index contributed by atoms with van der Waals surface area (Å²) in [7, 11) is 2.23. The second kappa shape index (κ2) is 5.61. The molecule has 2 nitrogen and oxygen atoms in total. The molecule has 0 aromatic rings. The third-order valence-electron chi connectivity index (χ3n) is 2.57. The number of hydrogen-bond acceptors (Lipinski definition) is 2. The van der Waals surface area contributed by atoms with Crippen LogP contribution in [0.3, 0.4) is 0 Å². The molecule has 0 aromatic carbocycles. The van der Waals surface area contributed by atoms with E-state index in [0.717, 1.165) is 12.6 Å². The Morgan fingerprint density at radius 3 is 2.31 bits per heavy atom. The Morgan fingerprint density at radius 1 is 1.15 bits per heavy atom. The van der Waals surface area contributed by atoms with E-state index in [1.165, 1.54) is 38.9 Å². The number of rotatable bonds is 4. The number of piperidine rings is 1. The minimum Gasteiger partial charge on any atom is -0.293 e. The molecular weight excluding hydrogens is 160 g/mol. The van der Waals surface area contributed by atoms with Gasteiger partial charge in [-0.05, 0) is 38.9 Å². The predicted molar refractivity (Wildman–Crippen MR) is 57.8 cm³/mol. The topological polar surface area (TPSA) is 6.48 Å². The molecular formula is C11H24N2. The van der Waals surface area contributed by atoms with Crippen molar-refractivity contribution in [2.45, 2.75) is 33.1 Å². The second-order valence-electron chi connectivity index (χ2n) is 4.75. The zero-order valence-corrected chi connectivity index (χ0v) is 9.42. The summed E-state index contributed by atoms with van der Waals surface area (Å²) in [5.74, 6) is 0.787. The summed E-state index contributed by atoms with van der Waals surface area (Å²) in [4.78, 5) is 5.02. The van der Waals surface area contributed by atoms with Crippen LogP contribution in [0.25, 0.3) is 0 Å². The van der Waals surface area contributed by atoms with Gasteiger partial charge in [-0.15, -0.1) is 0 Å². The van der Waals surface area contributed by atoms with Crippen LogP contribution in [-0.4, -0.2) is 43.2 Å². The monoisotopic (exact) mass is 184 g/mol. The standard InChI is InChI=1S/C11H24N2/c1-11(2)9-12(3)10-13-7-5-4-6-8-13/h11H,4-10H2,1-3H3. The van der Waals surface area contributed by atoms with Gasteiger partial charge >= 0.3 is 0 Å². The number of hydrogen-bond donors (Lipinski definition) is 0. The molecule has 0 amide bonds. The third kappa shape index (κ3) is 4.63. The van der Waals surface area contributed by atoms with Crippen molar-refractivity contribution in [3.8, 4) is 0 Å². The first kappa shape index (κ1) is 11.0. The zero-order valence-electron chi connectivity index (χ0n) is 9.42. The van der Waals surface area contributed by atoms with E-state index >= 15 is 0 Å². The van der Waals surface area contributed by atoms with Crippen molar-refractivity contribution in [3.05, 3.63) is 0 Å². The lowest BCUT2D eigenvalue weighted by Gasteiger charge is -2.31. The first-order valence-corrected chi connectivity index (χ1v) is 5.59. The molecule has 0 aliphatic carbocycles. The summed E-state index contributed by atoms with van der Waals surface area (Å²) in [6.45, 7) is 9.57. The Balaban J connectivity index is 2.14. The first-order valence-electron chi connectivity index (χ1n) is 5.59. The fourth-order valence-corrected chi connectivity index (χ4v) is 2.12. The molecule has 0 bridgehead atoms. The van der Waals surface area contributed by atoms with Crippen LogP contribution in [0.5, 0.6) is 0 Å². The second-order valence-corrected chi connectivity index (χ2v) is 4.75. The van der Waals surface area contributed by atoms with Crippen molar-refractivity contribution >= 4 is 0 Å².